The summed E-state index contributed by atoms with van der Waals surface area (Å²) < 4.78 is 11.3. The van der Waals surface area contributed by atoms with Gasteiger partial charge in [0.1, 0.15) is 11.3 Å². The molecule has 2 aromatic rings. The average molecular weight is 441 g/mol. The number of urea groups is 1. The monoisotopic (exact) mass is 440 g/mol. The fraction of sp³-hybridized carbons (Fsp3) is 0.348. The van der Waals surface area contributed by atoms with Gasteiger partial charge in [-0.2, -0.15) is 0 Å². The van der Waals surface area contributed by atoms with Crippen molar-refractivity contribution in [3.63, 3.8) is 0 Å². The van der Waals surface area contributed by atoms with Gasteiger partial charge in [-0.15, -0.1) is 0 Å². The molecule has 0 N–H and O–H groups in total. The van der Waals surface area contributed by atoms with Crippen LogP contribution in [-0.2, 0) is 14.3 Å². The number of hydrogen-bond donors (Lipinski definition) is 0. The molecule has 0 aliphatic carbocycles. The first-order valence-corrected chi connectivity index (χ1v) is 10.6. The summed E-state index contributed by atoms with van der Waals surface area (Å²) in [6, 6.07) is 13.0. The Bertz CT molecular complexity index is 1090. The van der Waals surface area contributed by atoms with Gasteiger partial charge in [0, 0.05) is 16.5 Å². The lowest BCUT2D eigenvalue weighted by Gasteiger charge is -2.34. The van der Waals surface area contributed by atoms with E-state index in [9.17, 15) is 14.4 Å². The molecule has 0 radical (unpaired) electrons. The zero-order valence-electron chi connectivity index (χ0n) is 17.1. The predicted octanol–water partition coefficient (Wildman–Crippen LogP) is 3.81. The first-order chi connectivity index (χ1) is 14.9. The van der Waals surface area contributed by atoms with E-state index in [2.05, 4.69) is 0 Å². The summed E-state index contributed by atoms with van der Waals surface area (Å²) in [5.41, 5.74) is -0.190. The highest BCUT2D eigenvalue weighted by molar-refractivity contribution is 6.31. The van der Waals surface area contributed by atoms with Crippen LogP contribution >= 0.6 is 11.6 Å². The maximum Gasteiger partial charge on any atom is 0.332 e. The van der Waals surface area contributed by atoms with Crippen LogP contribution in [0.25, 0.3) is 0 Å². The number of rotatable bonds is 3. The Labute approximate surface area is 184 Å². The molecule has 31 heavy (non-hydrogen) atoms. The lowest BCUT2D eigenvalue weighted by atomic mass is 9.77. The van der Waals surface area contributed by atoms with Crippen molar-refractivity contribution in [3.05, 3.63) is 59.1 Å². The zero-order chi connectivity index (χ0) is 21.9. The number of esters is 1. The van der Waals surface area contributed by atoms with Crippen LogP contribution in [0.3, 0.4) is 0 Å². The smallest absolute Gasteiger partial charge is 0.332 e. The molecule has 2 saturated heterocycles. The van der Waals surface area contributed by atoms with E-state index in [4.69, 9.17) is 21.1 Å². The van der Waals surface area contributed by atoms with Gasteiger partial charge in [-0.1, -0.05) is 29.8 Å². The van der Waals surface area contributed by atoms with E-state index in [-0.39, 0.29) is 19.1 Å². The van der Waals surface area contributed by atoms with E-state index in [1.165, 1.54) is 0 Å². The normalized spacial score (nSPS) is 28.7. The molecule has 3 aliphatic heterocycles. The van der Waals surface area contributed by atoms with Gasteiger partial charge in [0.2, 0.25) is 0 Å². The summed E-state index contributed by atoms with van der Waals surface area (Å²) in [5.74, 6) is -1.53. The van der Waals surface area contributed by atoms with Crippen molar-refractivity contribution in [1.29, 1.82) is 0 Å². The SMILES string of the molecule is CCOC(=O)[C@@H]1[C@H]2COc3ccccc3[C@@H]2N2C(=O)N(c3ccc(Cl)cc3)C(=O)[C@@]12C. The Balaban J connectivity index is 1.67. The second-order valence-corrected chi connectivity index (χ2v) is 8.54. The van der Waals surface area contributed by atoms with E-state index in [0.717, 1.165) is 10.5 Å². The summed E-state index contributed by atoms with van der Waals surface area (Å²) in [6.07, 6.45) is 0. The van der Waals surface area contributed by atoms with E-state index in [1.54, 1.807) is 43.0 Å². The Morgan fingerprint density at radius 2 is 1.90 bits per heavy atom. The van der Waals surface area contributed by atoms with E-state index in [1.807, 2.05) is 24.3 Å². The van der Waals surface area contributed by atoms with Crippen molar-refractivity contribution in [1.82, 2.24) is 4.90 Å². The van der Waals surface area contributed by atoms with Gasteiger partial charge in [0.15, 0.2) is 0 Å². The largest absolute Gasteiger partial charge is 0.493 e. The van der Waals surface area contributed by atoms with Crippen molar-refractivity contribution >= 4 is 35.2 Å². The second-order valence-electron chi connectivity index (χ2n) is 8.10. The fourth-order valence-corrected chi connectivity index (χ4v) is 5.38. The van der Waals surface area contributed by atoms with Gasteiger partial charge in [0.05, 0.1) is 30.9 Å². The van der Waals surface area contributed by atoms with Crippen molar-refractivity contribution < 1.29 is 23.9 Å². The van der Waals surface area contributed by atoms with Crippen LogP contribution in [0, 0.1) is 11.8 Å². The minimum Gasteiger partial charge on any atom is -0.493 e. The molecule has 0 bridgehead atoms. The number of carbonyl (C=O) groups excluding carboxylic acids is 3. The molecular weight excluding hydrogens is 420 g/mol. The molecule has 5 rings (SSSR count). The highest BCUT2D eigenvalue weighted by Gasteiger charge is 2.72. The first kappa shape index (κ1) is 19.9. The summed E-state index contributed by atoms with van der Waals surface area (Å²) in [4.78, 5) is 43.2. The molecule has 4 atom stereocenters. The van der Waals surface area contributed by atoms with Crippen molar-refractivity contribution in [2.24, 2.45) is 11.8 Å². The van der Waals surface area contributed by atoms with E-state index in [0.29, 0.717) is 16.5 Å². The number of anilines is 1. The van der Waals surface area contributed by atoms with Gasteiger partial charge in [0.25, 0.3) is 5.91 Å². The predicted molar refractivity (Wildman–Crippen MR) is 113 cm³/mol. The molecule has 0 aromatic heterocycles. The van der Waals surface area contributed by atoms with Crippen LogP contribution in [0.5, 0.6) is 5.75 Å². The van der Waals surface area contributed by atoms with E-state index < -0.39 is 35.4 Å². The Morgan fingerprint density at radius 3 is 2.61 bits per heavy atom. The van der Waals surface area contributed by atoms with Crippen molar-refractivity contribution in [2.75, 3.05) is 18.1 Å². The van der Waals surface area contributed by atoms with Gasteiger partial charge in [-0.3, -0.25) is 9.59 Å². The maximum atomic E-state index is 13.8. The number of imide groups is 1. The standard InChI is InChI=1S/C23H21ClN2O5/c1-3-30-20(27)18-16-12-31-17-7-5-4-6-15(17)19(16)26-22(29)25(21(28)23(18,26)2)14-10-8-13(24)9-11-14/h4-11,16,18-19H,3,12H2,1-2H3/t16-,18+,19+,23-/m1/s1. The molecule has 0 spiro atoms. The third kappa shape index (κ3) is 2.62. The quantitative estimate of drug-likeness (QED) is 0.536. The van der Waals surface area contributed by atoms with Crippen molar-refractivity contribution in [2.45, 2.75) is 25.4 Å². The number of halogens is 1. The Morgan fingerprint density at radius 1 is 1.19 bits per heavy atom. The van der Waals surface area contributed by atoms with Gasteiger partial charge in [-0.05, 0) is 44.2 Å². The van der Waals surface area contributed by atoms with Gasteiger partial charge in [-0.25, -0.2) is 9.69 Å². The molecule has 2 fully saturated rings. The van der Waals surface area contributed by atoms with Gasteiger partial charge >= 0.3 is 12.0 Å². The number of nitrogens with zero attached hydrogens (tertiary/aromatic N) is 2. The third-order valence-corrected chi connectivity index (χ3v) is 6.80. The molecule has 0 saturated carbocycles. The lowest BCUT2D eigenvalue weighted by Crippen LogP contribution is -2.51. The van der Waals surface area contributed by atoms with Crippen LogP contribution < -0.4 is 9.64 Å². The van der Waals surface area contributed by atoms with Crippen LogP contribution in [0.15, 0.2) is 48.5 Å². The number of fused-ring (bicyclic) bond motifs is 5. The molecular formula is C23H21ClN2O5. The number of hydrogen-bond acceptors (Lipinski definition) is 5. The molecule has 2 aromatic carbocycles. The maximum absolute atomic E-state index is 13.8. The molecule has 8 heteroatoms. The van der Waals surface area contributed by atoms with Crippen LogP contribution in [0.2, 0.25) is 5.02 Å². The molecule has 3 heterocycles. The first-order valence-electron chi connectivity index (χ1n) is 10.2. The summed E-state index contributed by atoms with van der Waals surface area (Å²) in [5, 5.41) is 0.498. The average Bonchev–Trinajstić information content (AvgIpc) is 3.14. The molecule has 7 nitrogen and oxygen atoms in total. The topological polar surface area (TPSA) is 76.2 Å². The van der Waals surface area contributed by atoms with Crippen LogP contribution in [-0.4, -0.2) is 41.6 Å². The lowest BCUT2D eigenvalue weighted by molar-refractivity contribution is -0.154. The number of para-hydroxylation sites is 1. The molecule has 160 valence electrons. The minimum absolute atomic E-state index is 0.184. The summed E-state index contributed by atoms with van der Waals surface area (Å²) >= 11 is 5.99. The summed E-state index contributed by atoms with van der Waals surface area (Å²) in [7, 11) is 0. The number of benzene rings is 2. The Kier molecular flexibility index (Phi) is 4.48. The molecule has 3 amide bonds. The molecule has 0 unspecified atom stereocenters. The highest BCUT2D eigenvalue weighted by atomic mass is 35.5. The van der Waals surface area contributed by atoms with Crippen LogP contribution in [0.4, 0.5) is 10.5 Å². The number of amides is 3. The minimum atomic E-state index is -1.39. The Hall–Kier alpha value is -3.06. The number of ether oxygens (including phenoxy) is 2. The van der Waals surface area contributed by atoms with Crippen molar-refractivity contribution in [3.8, 4) is 5.75 Å². The van der Waals surface area contributed by atoms with Crippen LogP contribution in [0.1, 0.15) is 25.5 Å². The fourth-order valence-electron chi connectivity index (χ4n) is 5.26. The third-order valence-electron chi connectivity index (χ3n) is 6.55. The van der Waals surface area contributed by atoms with E-state index >= 15 is 0 Å². The zero-order valence-corrected chi connectivity index (χ0v) is 17.8. The highest BCUT2D eigenvalue weighted by Crippen LogP contribution is 2.58. The summed E-state index contributed by atoms with van der Waals surface area (Å²) in [6.45, 7) is 3.78. The number of carbonyl (C=O) groups is 3. The molecule has 3 aliphatic rings. The van der Waals surface area contributed by atoms with Gasteiger partial charge < -0.3 is 14.4 Å². The second kappa shape index (κ2) is 6.99.